The number of nitrogens with one attached hydrogen (secondary N) is 1. The van der Waals surface area contributed by atoms with Crippen molar-refractivity contribution in [1.82, 2.24) is 9.55 Å². The minimum absolute atomic E-state index is 0.0731. The zero-order valence-corrected chi connectivity index (χ0v) is 19.4. The van der Waals surface area contributed by atoms with Crippen LogP contribution in [0, 0.1) is 0 Å². The van der Waals surface area contributed by atoms with Gasteiger partial charge in [-0.2, -0.15) is 0 Å². The fourth-order valence-corrected chi connectivity index (χ4v) is 5.69. The number of thioether (sulfide) groups is 1. The molecule has 1 amide bonds. The molecule has 5 nitrogen and oxygen atoms in total. The molecule has 154 valence electrons. The molecule has 0 bridgehead atoms. The predicted octanol–water partition coefficient (Wildman–Crippen LogP) is 5.80. The summed E-state index contributed by atoms with van der Waals surface area (Å²) in [6.07, 6.45) is 0.733. The van der Waals surface area contributed by atoms with Crippen molar-refractivity contribution in [3.8, 4) is 0 Å². The summed E-state index contributed by atoms with van der Waals surface area (Å²) in [4.78, 5) is 31.2. The van der Waals surface area contributed by atoms with Gasteiger partial charge in [0.05, 0.1) is 11.3 Å². The van der Waals surface area contributed by atoms with E-state index in [4.69, 9.17) is 23.2 Å². The molecule has 1 N–H and O–H groups in total. The van der Waals surface area contributed by atoms with E-state index < -0.39 is 0 Å². The van der Waals surface area contributed by atoms with Crippen molar-refractivity contribution in [2.24, 2.45) is 0 Å². The summed E-state index contributed by atoms with van der Waals surface area (Å²) >= 11 is 16.2. The standard InChI is InChI=1S/C20H15Cl2N3O2S3/c21-12-8-13(22)10-14(9-12)23-17(26)11-30-20-24-16-4-7-29-18(16)19(27)25(20)5-3-15-2-1-6-28-15/h1-2,4,6-10H,3,5,11H2,(H,23,26). The van der Waals surface area contributed by atoms with E-state index in [0.29, 0.717) is 37.7 Å². The number of halogens is 2. The summed E-state index contributed by atoms with van der Waals surface area (Å²) in [5, 5.41) is 8.06. The maximum atomic E-state index is 13.0. The van der Waals surface area contributed by atoms with E-state index in [1.165, 1.54) is 28.0 Å². The van der Waals surface area contributed by atoms with Crippen LogP contribution < -0.4 is 10.9 Å². The lowest BCUT2D eigenvalue weighted by Gasteiger charge is -2.12. The number of hydrogen-bond acceptors (Lipinski definition) is 6. The summed E-state index contributed by atoms with van der Waals surface area (Å²) in [6, 6.07) is 10.7. The van der Waals surface area contributed by atoms with Gasteiger partial charge >= 0.3 is 0 Å². The van der Waals surface area contributed by atoms with Crippen LogP contribution in [0.15, 0.2) is 57.1 Å². The Balaban J connectivity index is 1.52. The largest absolute Gasteiger partial charge is 0.325 e. The minimum atomic E-state index is -0.234. The second-order valence-corrected chi connectivity index (χ2v) is 10.1. The van der Waals surface area contributed by atoms with E-state index in [0.717, 1.165) is 6.42 Å². The molecule has 0 aliphatic heterocycles. The molecule has 0 radical (unpaired) electrons. The number of benzene rings is 1. The molecule has 0 saturated carbocycles. The third-order valence-corrected chi connectivity index (χ3v) is 7.41. The molecular formula is C20H15Cl2N3O2S3. The fourth-order valence-electron chi connectivity index (χ4n) is 2.86. The maximum absolute atomic E-state index is 13.0. The average Bonchev–Trinajstić information content (AvgIpc) is 3.36. The molecule has 30 heavy (non-hydrogen) atoms. The Kier molecular flexibility index (Phi) is 6.80. The topological polar surface area (TPSA) is 64.0 Å². The highest BCUT2D eigenvalue weighted by Gasteiger charge is 2.15. The fraction of sp³-hybridized carbons (Fsp3) is 0.150. The molecule has 4 rings (SSSR count). The Hall–Kier alpha value is -1.84. The van der Waals surface area contributed by atoms with Crippen LogP contribution >= 0.6 is 57.6 Å². The van der Waals surface area contributed by atoms with Crippen LogP contribution in [0.2, 0.25) is 10.0 Å². The van der Waals surface area contributed by atoms with Crippen LogP contribution in [0.25, 0.3) is 10.2 Å². The van der Waals surface area contributed by atoms with Gasteiger partial charge < -0.3 is 5.32 Å². The van der Waals surface area contributed by atoms with Crippen molar-refractivity contribution in [2.45, 2.75) is 18.1 Å². The van der Waals surface area contributed by atoms with Crippen molar-refractivity contribution in [2.75, 3.05) is 11.1 Å². The highest BCUT2D eigenvalue weighted by atomic mass is 35.5. The van der Waals surface area contributed by atoms with Crippen LogP contribution in [-0.4, -0.2) is 21.2 Å². The van der Waals surface area contributed by atoms with E-state index >= 15 is 0 Å². The maximum Gasteiger partial charge on any atom is 0.272 e. The van der Waals surface area contributed by atoms with Crippen molar-refractivity contribution in [1.29, 1.82) is 0 Å². The molecule has 1 aromatic carbocycles. The van der Waals surface area contributed by atoms with Crippen LogP contribution in [0.3, 0.4) is 0 Å². The number of amides is 1. The summed E-state index contributed by atoms with van der Waals surface area (Å²) in [5.41, 5.74) is 1.10. The molecule has 0 spiro atoms. The summed E-state index contributed by atoms with van der Waals surface area (Å²) in [7, 11) is 0. The molecule has 10 heteroatoms. The Labute approximate surface area is 194 Å². The van der Waals surface area contributed by atoms with Crippen molar-refractivity contribution in [3.05, 3.63) is 72.4 Å². The van der Waals surface area contributed by atoms with E-state index in [-0.39, 0.29) is 17.2 Å². The quantitative estimate of drug-likeness (QED) is 0.260. The first-order valence-corrected chi connectivity index (χ1v) is 12.4. The molecule has 0 atom stereocenters. The smallest absolute Gasteiger partial charge is 0.272 e. The van der Waals surface area contributed by atoms with E-state index in [1.54, 1.807) is 34.1 Å². The zero-order valence-electron chi connectivity index (χ0n) is 15.4. The number of anilines is 1. The summed E-state index contributed by atoms with van der Waals surface area (Å²) in [6.45, 7) is 0.508. The third-order valence-electron chi connectivity index (χ3n) is 4.17. The van der Waals surface area contributed by atoms with E-state index in [9.17, 15) is 9.59 Å². The van der Waals surface area contributed by atoms with Crippen molar-refractivity contribution < 1.29 is 4.79 Å². The Morgan fingerprint density at radius 3 is 2.67 bits per heavy atom. The van der Waals surface area contributed by atoms with E-state index in [2.05, 4.69) is 10.3 Å². The number of carbonyl (C=O) groups excluding carboxylic acids is 1. The molecular weight excluding hydrogens is 481 g/mol. The van der Waals surface area contributed by atoms with Crippen molar-refractivity contribution >= 4 is 79.4 Å². The molecule has 0 aliphatic rings. The van der Waals surface area contributed by atoms with Crippen LogP contribution in [0.5, 0.6) is 0 Å². The molecule has 0 unspecified atom stereocenters. The number of rotatable bonds is 7. The van der Waals surface area contributed by atoms with Gasteiger partial charge in [-0.05, 0) is 47.5 Å². The second-order valence-electron chi connectivity index (χ2n) is 6.31. The lowest BCUT2D eigenvalue weighted by Crippen LogP contribution is -2.24. The molecule has 0 saturated heterocycles. The minimum Gasteiger partial charge on any atom is -0.325 e. The van der Waals surface area contributed by atoms with Crippen LogP contribution in [0.4, 0.5) is 5.69 Å². The van der Waals surface area contributed by atoms with Gasteiger partial charge in [0.25, 0.3) is 5.56 Å². The van der Waals surface area contributed by atoms with Gasteiger partial charge in [-0.1, -0.05) is 41.0 Å². The molecule has 3 aromatic heterocycles. The molecule has 0 aliphatic carbocycles. The number of aryl methyl sites for hydroxylation is 1. The number of hydrogen-bond donors (Lipinski definition) is 1. The zero-order chi connectivity index (χ0) is 21.1. The normalized spacial score (nSPS) is 11.1. The Morgan fingerprint density at radius 2 is 1.93 bits per heavy atom. The van der Waals surface area contributed by atoms with E-state index in [1.807, 2.05) is 29.0 Å². The van der Waals surface area contributed by atoms with Gasteiger partial charge in [0.15, 0.2) is 5.16 Å². The van der Waals surface area contributed by atoms with Gasteiger partial charge in [0.2, 0.25) is 5.91 Å². The van der Waals surface area contributed by atoms with Gasteiger partial charge in [0, 0.05) is 27.2 Å². The first-order valence-electron chi connectivity index (χ1n) is 8.89. The van der Waals surface area contributed by atoms with Gasteiger partial charge in [-0.15, -0.1) is 22.7 Å². The SMILES string of the molecule is O=C(CSc1nc2ccsc2c(=O)n1CCc1cccs1)Nc1cc(Cl)cc(Cl)c1. The molecule has 3 heterocycles. The van der Waals surface area contributed by atoms with Gasteiger partial charge in [-0.3, -0.25) is 14.2 Å². The first kappa shape index (κ1) is 21.4. The Bertz CT molecular complexity index is 1230. The highest BCUT2D eigenvalue weighted by molar-refractivity contribution is 7.99. The second kappa shape index (κ2) is 9.53. The molecule has 0 fully saturated rings. The van der Waals surface area contributed by atoms with Crippen molar-refractivity contribution in [3.63, 3.8) is 0 Å². The Morgan fingerprint density at radius 1 is 1.13 bits per heavy atom. The first-order chi connectivity index (χ1) is 14.5. The number of carbonyl (C=O) groups is 1. The lowest BCUT2D eigenvalue weighted by molar-refractivity contribution is -0.113. The number of aromatic nitrogens is 2. The summed E-state index contributed by atoms with van der Waals surface area (Å²) in [5.74, 6) is -0.131. The highest BCUT2D eigenvalue weighted by Crippen LogP contribution is 2.24. The number of fused-ring (bicyclic) bond motifs is 1. The summed E-state index contributed by atoms with van der Waals surface area (Å²) < 4.78 is 2.29. The predicted molar refractivity (Wildman–Crippen MR) is 128 cm³/mol. The third kappa shape index (κ3) is 5.07. The average molecular weight is 496 g/mol. The van der Waals surface area contributed by atoms with Crippen LogP contribution in [0.1, 0.15) is 4.88 Å². The van der Waals surface area contributed by atoms with Gasteiger partial charge in [-0.25, -0.2) is 4.98 Å². The van der Waals surface area contributed by atoms with Crippen LogP contribution in [-0.2, 0) is 17.8 Å². The number of thiophene rings is 2. The monoisotopic (exact) mass is 495 g/mol. The lowest BCUT2D eigenvalue weighted by atomic mass is 10.3. The molecule has 4 aromatic rings. The van der Waals surface area contributed by atoms with Gasteiger partial charge in [0.1, 0.15) is 4.70 Å². The number of nitrogens with zero attached hydrogens (tertiary/aromatic N) is 2.